The zero-order chi connectivity index (χ0) is 22.9. The molecule has 5 rings (SSSR count). The van der Waals surface area contributed by atoms with Gasteiger partial charge in [-0.1, -0.05) is 36.4 Å². The van der Waals surface area contributed by atoms with Gasteiger partial charge in [0.25, 0.3) is 5.56 Å². The molecule has 1 amide bonds. The molecular formula is C26H28N4O3. The van der Waals surface area contributed by atoms with Crippen molar-refractivity contribution in [2.75, 3.05) is 6.61 Å². The Hall–Kier alpha value is -3.29. The molecule has 1 aromatic carbocycles. The van der Waals surface area contributed by atoms with Crippen molar-refractivity contribution in [2.45, 2.75) is 38.1 Å². The van der Waals surface area contributed by atoms with Crippen molar-refractivity contribution in [3.8, 4) is 0 Å². The summed E-state index contributed by atoms with van der Waals surface area (Å²) >= 11 is 0. The molecule has 4 heterocycles. The Morgan fingerprint density at radius 3 is 2.61 bits per heavy atom. The molecule has 7 heteroatoms. The molecule has 0 bridgehead atoms. The first kappa shape index (κ1) is 21.6. The zero-order valence-corrected chi connectivity index (χ0v) is 18.5. The minimum absolute atomic E-state index is 0.0188. The van der Waals surface area contributed by atoms with Crippen LogP contribution in [0.5, 0.6) is 0 Å². The van der Waals surface area contributed by atoms with Crippen LogP contribution in [-0.4, -0.2) is 38.1 Å². The lowest BCUT2D eigenvalue weighted by Crippen LogP contribution is -2.48. The quantitative estimate of drug-likeness (QED) is 0.609. The van der Waals surface area contributed by atoms with Gasteiger partial charge in [-0.05, 0) is 36.2 Å². The second kappa shape index (κ2) is 8.92. The molecule has 33 heavy (non-hydrogen) atoms. The summed E-state index contributed by atoms with van der Waals surface area (Å²) in [7, 11) is 0. The summed E-state index contributed by atoms with van der Waals surface area (Å²) in [4.78, 5) is 32.4. The average molecular weight is 445 g/mol. The van der Waals surface area contributed by atoms with Crippen LogP contribution in [0.3, 0.4) is 0 Å². The van der Waals surface area contributed by atoms with E-state index in [1.54, 1.807) is 29.1 Å². The van der Waals surface area contributed by atoms with Crippen LogP contribution < -0.4 is 10.9 Å². The smallest absolute Gasteiger partial charge is 0.250 e. The van der Waals surface area contributed by atoms with Gasteiger partial charge in [0.1, 0.15) is 0 Å². The maximum absolute atomic E-state index is 13.7. The molecule has 3 aromatic rings. The molecule has 7 nitrogen and oxygen atoms in total. The van der Waals surface area contributed by atoms with Crippen molar-refractivity contribution in [1.29, 1.82) is 0 Å². The van der Waals surface area contributed by atoms with E-state index in [9.17, 15) is 14.7 Å². The number of benzene rings is 1. The Balaban J connectivity index is 1.51. The monoisotopic (exact) mass is 444 g/mol. The number of amides is 1. The molecule has 170 valence electrons. The van der Waals surface area contributed by atoms with E-state index in [0.717, 1.165) is 16.8 Å². The number of rotatable bonds is 6. The topological polar surface area (TPSA) is 87.5 Å². The van der Waals surface area contributed by atoms with Crippen molar-refractivity contribution in [1.82, 2.24) is 19.8 Å². The highest BCUT2D eigenvalue weighted by molar-refractivity contribution is 5.83. The summed E-state index contributed by atoms with van der Waals surface area (Å²) in [5, 5.41) is 13.6. The Kier molecular flexibility index (Phi) is 5.83. The van der Waals surface area contributed by atoms with Gasteiger partial charge in [0.15, 0.2) is 0 Å². The van der Waals surface area contributed by atoms with Crippen LogP contribution in [0.15, 0.2) is 77.9 Å². The van der Waals surface area contributed by atoms with Crippen molar-refractivity contribution in [2.24, 2.45) is 11.8 Å². The lowest BCUT2D eigenvalue weighted by Gasteiger charge is -2.31. The molecule has 0 saturated carbocycles. The Bertz CT molecular complexity index is 1180. The molecule has 1 fully saturated rings. The third-order valence-corrected chi connectivity index (χ3v) is 7.11. The van der Waals surface area contributed by atoms with Gasteiger partial charge in [-0.2, -0.15) is 0 Å². The number of nitrogens with one attached hydrogen (secondary N) is 1. The minimum atomic E-state index is -0.506. The lowest BCUT2D eigenvalue weighted by atomic mass is 9.88. The van der Waals surface area contributed by atoms with E-state index in [0.29, 0.717) is 13.1 Å². The fraction of sp³-hybridized carbons (Fsp3) is 0.346. The molecule has 0 aliphatic carbocycles. The van der Waals surface area contributed by atoms with Gasteiger partial charge in [0, 0.05) is 55.7 Å². The maximum Gasteiger partial charge on any atom is 0.250 e. The van der Waals surface area contributed by atoms with E-state index in [2.05, 4.69) is 15.2 Å². The normalized spacial score (nSPS) is 24.8. The van der Waals surface area contributed by atoms with Gasteiger partial charge < -0.3 is 15.0 Å². The number of carbonyl (C=O) groups is 1. The molecular weight excluding hydrogens is 416 g/mol. The highest BCUT2D eigenvalue weighted by Crippen LogP contribution is 2.49. The SMILES string of the molecule is C[C@@H](NC(=O)[C@H]1[C@H](CO)[C@H]2Cn3c(cccc3=O)[C@H]2N1Cc1ccncc1)c1ccccc1. The van der Waals surface area contributed by atoms with Gasteiger partial charge in [0.2, 0.25) is 5.91 Å². The standard InChI is InChI=1S/C26H28N4O3/c1-17(19-6-3-2-4-7-19)28-26(33)25-21(16-31)20-15-29-22(8-5-9-23(29)32)24(20)30(25)14-18-10-12-27-13-11-18/h2-13,17,20-21,24-25,31H,14-16H2,1H3,(H,28,33)/t17-,20-,21-,24+,25-/m1/s1. The van der Waals surface area contributed by atoms with E-state index in [1.807, 2.05) is 55.5 Å². The summed E-state index contributed by atoms with van der Waals surface area (Å²) in [6, 6.07) is 18.3. The van der Waals surface area contributed by atoms with Crippen LogP contribution in [0.25, 0.3) is 0 Å². The largest absolute Gasteiger partial charge is 0.396 e. The van der Waals surface area contributed by atoms with Gasteiger partial charge in [-0.15, -0.1) is 0 Å². The average Bonchev–Trinajstić information content (AvgIpc) is 3.36. The van der Waals surface area contributed by atoms with Gasteiger partial charge in [-0.25, -0.2) is 0 Å². The molecule has 1 saturated heterocycles. The number of fused-ring (bicyclic) bond motifs is 3. The van der Waals surface area contributed by atoms with Gasteiger partial charge >= 0.3 is 0 Å². The summed E-state index contributed by atoms with van der Waals surface area (Å²) in [6.45, 7) is 2.89. The fourth-order valence-electron chi connectivity index (χ4n) is 5.56. The summed E-state index contributed by atoms with van der Waals surface area (Å²) < 4.78 is 1.79. The van der Waals surface area contributed by atoms with Crippen LogP contribution in [0.4, 0.5) is 0 Å². The number of nitrogens with zero attached hydrogens (tertiary/aromatic N) is 3. The second-order valence-electron chi connectivity index (χ2n) is 8.97. The molecule has 2 N–H and O–H groups in total. The van der Waals surface area contributed by atoms with Crippen LogP contribution in [-0.2, 0) is 17.9 Å². The number of hydrogen-bond acceptors (Lipinski definition) is 5. The number of carbonyl (C=O) groups excluding carboxylic acids is 1. The number of likely N-dealkylation sites (tertiary alicyclic amines) is 1. The first-order valence-electron chi connectivity index (χ1n) is 11.4. The van der Waals surface area contributed by atoms with E-state index in [4.69, 9.17) is 0 Å². The van der Waals surface area contributed by atoms with Crippen LogP contribution in [0, 0.1) is 11.8 Å². The molecule has 0 radical (unpaired) electrons. The molecule has 2 aliphatic heterocycles. The van der Waals surface area contributed by atoms with Gasteiger partial charge in [0.05, 0.1) is 18.1 Å². The highest BCUT2D eigenvalue weighted by Gasteiger charge is 2.55. The summed E-state index contributed by atoms with van der Waals surface area (Å²) in [5.74, 6) is -0.396. The number of aliphatic hydroxyl groups is 1. The van der Waals surface area contributed by atoms with Crippen LogP contribution in [0.2, 0.25) is 0 Å². The first-order chi connectivity index (χ1) is 16.1. The Morgan fingerprint density at radius 1 is 1.12 bits per heavy atom. The zero-order valence-electron chi connectivity index (χ0n) is 18.5. The van der Waals surface area contributed by atoms with E-state index < -0.39 is 6.04 Å². The predicted octanol–water partition coefficient (Wildman–Crippen LogP) is 2.28. The number of aromatic nitrogens is 2. The van der Waals surface area contributed by atoms with Crippen molar-refractivity contribution in [3.05, 3.63) is 100 Å². The highest BCUT2D eigenvalue weighted by atomic mass is 16.3. The number of aliphatic hydroxyl groups excluding tert-OH is 1. The predicted molar refractivity (Wildman–Crippen MR) is 124 cm³/mol. The summed E-state index contributed by atoms with van der Waals surface area (Å²) in [6.07, 6.45) is 3.48. The van der Waals surface area contributed by atoms with Crippen molar-refractivity contribution in [3.63, 3.8) is 0 Å². The lowest BCUT2D eigenvalue weighted by molar-refractivity contribution is -0.128. The van der Waals surface area contributed by atoms with Crippen LogP contribution in [0.1, 0.15) is 35.8 Å². The van der Waals surface area contributed by atoms with Gasteiger partial charge in [-0.3, -0.25) is 19.5 Å². The second-order valence-corrected chi connectivity index (χ2v) is 8.97. The minimum Gasteiger partial charge on any atom is -0.396 e. The molecule has 2 aliphatic rings. The number of pyridine rings is 2. The third-order valence-electron chi connectivity index (χ3n) is 7.11. The molecule has 2 aromatic heterocycles. The van der Waals surface area contributed by atoms with Crippen molar-refractivity contribution < 1.29 is 9.90 Å². The molecule has 5 atom stereocenters. The Morgan fingerprint density at radius 2 is 1.88 bits per heavy atom. The molecule has 0 spiro atoms. The van der Waals surface area contributed by atoms with Crippen molar-refractivity contribution >= 4 is 5.91 Å². The fourth-order valence-corrected chi connectivity index (χ4v) is 5.56. The van der Waals surface area contributed by atoms with E-state index in [1.165, 1.54) is 0 Å². The van der Waals surface area contributed by atoms with E-state index >= 15 is 0 Å². The van der Waals surface area contributed by atoms with E-state index in [-0.39, 0.29) is 42.0 Å². The maximum atomic E-state index is 13.7. The first-order valence-corrected chi connectivity index (χ1v) is 11.4. The van der Waals surface area contributed by atoms with Crippen LogP contribution >= 0.6 is 0 Å². The molecule has 0 unspecified atom stereocenters. The Labute approximate surface area is 192 Å². The number of hydrogen-bond donors (Lipinski definition) is 2. The third kappa shape index (κ3) is 3.87. The summed E-state index contributed by atoms with van der Waals surface area (Å²) in [5.41, 5.74) is 2.93.